The minimum atomic E-state index is -1.50. The van der Waals surface area contributed by atoms with Gasteiger partial charge in [-0.2, -0.15) is 0 Å². The summed E-state index contributed by atoms with van der Waals surface area (Å²) in [5.41, 5.74) is 0.185. The molecule has 1 aromatic carbocycles. The fourth-order valence-electron chi connectivity index (χ4n) is 2.38. The molecule has 3 atom stereocenters. The van der Waals surface area contributed by atoms with Gasteiger partial charge in [-0.1, -0.05) is 12.1 Å². The molecule has 1 aromatic rings. The lowest BCUT2D eigenvalue weighted by molar-refractivity contribution is -0.135. The highest BCUT2D eigenvalue weighted by molar-refractivity contribution is 5.86. The van der Waals surface area contributed by atoms with Crippen molar-refractivity contribution in [2.24, 2.45) is 0 Å². The second-order valence-corrected chi connectivity index (χ2v) is 5.09. The van der Waals surface area contributed by atoms with E-state index >= 15 is 0 Å². The first-order valence-electron chi connectivity index (χ1n) is 6.74. The number of likely N-dealkylation sites (tertiary alicyclic amines) is 1. The summed E-state index contributed by atoms with van der Waals surface area (Å²) in [4.78, 5) is 24.3. The third-order valence-corrected chi connectivity index (χ3v) is 3.51. The molecular formula is C14H16F2N2O4. The normalized spacial score (nSPS) is 20.5. The molecule has 0 radical (unpaired) electrons. The summed E-state index contributed by atoms with van der Waals surface area (Å²) in [6, 6.07) is 3.22. The molecule has 0 unspecified atom stereocenters. The molecule has 1 aliphatic rings. The lowest BCUT2D eigenvalue weighted by atomic mass is 10.0. The van der Waals surface area contributed by atoms with Crippen molar-refractivity contribution >= 4 is 12.0 Å². The third kappa shape index (κ3) is 3.70. The minimum absolute atomic E-state index is 0.132. The van der Waals surface area contributed by atoms with Crippen LogP contribution in [0.4, 0.5) is 13.6 Å². The van der Waals surface area contributed by atoms with Crippen molar-refractivity contribution in [2.75, 3.05) is 13.1 Å². The Balaban J connectivity index is 2.19. The van der Waals surface area contributed by atoms with E-state index in [4.69, 9.17) is 5.11 Å². The molecule has 1 aliphatic heterocycles. The standard InChI is InChI=1S/C14H16F2N2O4/c15-9-3-1-8(2-4-9)12(19)11(17-14(21)22)13(20)18-6-5-10(16)7-18/h1-4,10-12,17,19H,5-7H2,(H,21,22)/t10-,11+,12-/m0/s1. The van der Waals surface area contributed by atoms with Gasteiger partial charge < -0.3 is 20.4 Å². The number of alkyl halides is 1. The van der Waals surface area contributed by atoms with Gasteiger partial charge in [0.15, 0.2) is 0 Å². The average Bonchev–Trinajstić information content (AvgIpc) is 2.90. The van der Waals surface area contributed by atoms with Crippen LogP contribution in [-0.2, 0) is 4.79 Å². The number of carboxylic acid groups (broad SMARTS) is 1. The van der Waals surface area contributed by atoms with Crippen molar-refractivity contribution in [1.82, 2.24) is 10.2 Å². The summed E-state index contributed by atoms with van der Waals surface area (Å²) >= 11 is 0. The maximum atomic E-state index is 13.2. The predicted octanol–water partition coefficient (Wildman–Crippen LogP) is 1.07. The Bertz CT molecular complexity index is 552. The van der Waals surface area contributed by atoms with Crippen molar-refractivity contribution in [3.63, 3.8) is 0 Å². The van der Waals surface area contributed by atoms with Gasteiger partial charge >= 0.3 is 6.09 Å². The van der Waals surface area contributed by atoms with Crippen LogP contribution in [0.25, 0.3) is 0 Å². The smallest absolute Gasteiger partial charge is 0.405 e. The van der Waals surface area contributed by atoms with Crippen molar-refractivity contribution in [1.29, 1.82) is 0 Å². The highest BCUT2D eigenvalue weighted by Crippen LogP contribution is 2.21. The number of rotatable bonds is 4. The number of carbonyl (C=O) groups excluding carboxylic acids is 1. The molecule has 6 nitrogen and oxygen atoms in total. The van der Waals surface area contributed by atoms with Crippen LogP contribution in [0.5, 0.6) is 0 Å². The van der Waals surface area contributed by atoms with Gasteiger partial charge in [-0.25, -0.2) is 13.6 Å². The van der Waals surface area contributed by atoms with E-state index in [-0.39, 0.29) is 25.1 Å². The Morgan fingerprint density at radius 1 is 1.32 bits per heavy atom. The monoisotopic (exact) mass is 314 g/mol. The molecular weight excluding hydrogens is 298 g/mol. The van der Waals surface area contributed by atoms with E-state index in [9.17, 15) is 23.5 Å². The Morgan fingerprint density at radius 2 is 1.95 bits per heavy atom. The maximum Gasteiger partial charge on any atom is 0.405 e. The van der Waals surface area contributed by atoms with E-state index in [0.29, 0.717) is 0 Å². The van der Waals surface area contributed by atoms with Gasteiger partial charge in [0.2, 0.25) is 5.91 Å². The van der Waals surface area contributed by atoms with Crippen LogP contribution in [0, 0.1) is 5.82 Å². The van der Waals surface area contributed by atoms with E-state index in [0.717, 1.165) is 17.0 Å². The first-order valence-corrected chi connectivity index (χ1v) is 6.74. The van der Waals surface area contributed by atoms with Crippen molar-refractivity contribution in [3.05, 3.63) is 35.6 Å². The second kappa shape index (κ2) is 6.69. The molecule has 2 amide bonds. The van der Waals surface area contributed by atoms with E-state index in [1.807, 2.05) is 5.32 Å². The Kier molecular flexibility index (Phi) is 4.92. The molecule has 3 N–H and O–H groups in total. The number of nitrogens with zero attached hydrogens (tertiary/aromatic N) is 1. The van der Waals surface area contributed by atoms with Crippen molar-refractivity contribution in [3.8, 4) is 0 Å². The van der Waals surface area contributed by atoms with E-state index in [1.54, 1.807) is 0 Å². The van der Waals surface area contributed by atoms with Gasteiger partial charge in [-0.3, -0.25) is 4.79 Å². The molecule has 0 aromatic heterocycles. The SMILES string of the molecule is O=C(O)N[C@@H](C(=O)N1CC[C@H](F)C1)[C@@H](O)c1ccc(F)cc1. The van der Waals surface area contributed by atoms with E-state index < -0.39 is 36.1 Å². The number of halogens is 2. The van der Waals surface area contributed by atoms with Crippen LogP contribution < -0.4 is 5.32 Å². The van der Waals surface area contributed by atoms with Gasteiger partial charge in [0.1, 0.15) is 24.1 Å². The number of aliphatic hydroxyl groups excluding tert-OH is 1. The topological polar surface area (TPSA) is 89.9 Å². The number of hydrogen-bond acceptors (Lipinski definition) is 3. The van der Waals surface area contributed by atoms with E-state index in [2.05, 4.69) is 0 Å². The lowest BCUT2D eigenvalue weighted by Crippen LogP contribution is -2.50. The largest absolute Gasteiger partial charge is 0.465 e. The molecule has 120 valence electrons. The molecule has 1 saturated heterocycles. The van der Waals surface area contributed by atoms with Gasteiger partial charge in [-0.05, 0) is 24.1 Å². The summed E-state index contributed by atoms with van der Waals surface area (Å²) < 4.78 is 26.1. The Labute approximate surface area is 125 Å². The van der Waals surface area contributed by atoms with Crippen LogP contribution in [0.3, 0.4) is 0 Å². The van der Waals surface area contributed by atoms with Crippen LogP contribution in [0.15, 0.2) is 24.3 Å². The van der Waals surface area contributed by atoms with Crippen LogP contribution >= 0.6 is 0 Å². The molecule has 1 fully saturated rings. The molecule has 1 heterocycles. The van der Waals surface area contributed by atoms with Crippen LogP contribution in [0.1, 0.15) is 18.1 Å². The summed E-state index contributed by atoms with van der Waals surface area (Å²) in [5.74, 6) is -1.23. The number of aliphatic hydroxyl groups is 1. The Morgan fingerprint density at radius 3 is 2.45 bits per heavy atom. The minimum Gasteiger partial charge on any atom is -0.465 e. The maximum absolute atomic E-state index is 13.2. The molecule has 8 heteroatoms. The van der Waals surface area contributed by atoms with Gasteiger partial charge in [-0.15, -0.1) is 0 Å². The van der Waals surface area contributed by atoms with Crippen LogP contribution in [-0.4, -0.2) is 52.4 Å². The summed E-state index contributed by atoms with van der Waals surface area (Å²) in [7, 11) is 0. The first kappa shape index (κ1) is 16.2. The molecule has 22 heavy (non-hydrogen) atoms. The van der Waals surface area contributed by atoms with Gasteiger partial charge in [0, 0.05) is 6.54 Å². The van der Waals surface area contributed by atoms with Crippen molar-refractivity contribution in [2.45, 2.75) is 24.7 Å². The Hall–Kier alpha value is -2.22. The molecule has 0 aliphatic carbocycles. The molecule has 2 rings (SSSR count). The molecule has 0 bridgehead atoms. The van der Waals surface area contributed by atoms with Crippen molar-refractivity contribution < 1.29 is 28.6 Å². The summed E-state index contributed by atoms with van der Waals surface area (Å²) in [6.07, 6.45) is -3.96. The first-order chi connectivity index (χ1) is 10.4. The quantitative estimate of drug-likeness (QED) is 0.775. The fourth-order valence-corrected chi connectivity index (χ4v) is 2.38. The highest BCUT2D eigenvalue weighted by atomic mass is 19.1. The van der Waals surface area contributed by atoms with Crippen LogP contribution in [0.2, 0.25) is 0 Å². The van der Waals surface area contributed by atoms with E-state index in [1.165, 1.54) is 12.1 Å². The van der Waals surface area contributed by atoms with Gasteiger partial charge in [0.05, 0.1) is 6.54 Å². The average molecular weight is 314 g/mol. The predicted molar refractivity (Wildman–Crippen MR) is 72.4 cm³/mol. The second-order valence-electron chi connectivity index (χ2n) is 5.09. The summed E-state index contributed by atoms with van der Waals surface area (Å²) in [6.45, 7) is 0.0285. The number of benzene rings is 1. The number of carbonyl (C=O) groups is 2. The number of nitrogens with one attached hydrogen (secondary N) is 1. The number of hydrogen-bond donors (Lipinski definition) is 3. The third-order valence-electron chi connectivity index (χ3n) is 3.51. The molecule has 0 spiro atoms. The zero-order chi connectivity index (χ0) is 16.3. The lowest BCUT2D eigenvalue weighted by Gasteiger charge is -2.26. The molecule has 0 saturated carbocycles. The zero-order valence-electron chi connectivity index (χ0n) is 11.6. The number of amides is 2. The summed E-state index contributed by atoms with van der Waals surface area (Å²) in [5, 5.41) is 21.0. The highest BCUT2D eigenvalue weighted by Gasteiger charge is 2.36. The van der Waals surface area contributed by atoms with Gasteiger partial charge in [0.25, 0.3) is 0 Å². The zero-order valence-corrected chi connectivity index (χ0v) is 11.6. The fraction of sp³-hybridized carbons (Fsp3) is 0.429.